The third-order valence-corrected chi connectivity index (χ3v) is 7.08. The van der Waals surface area contributed by atoms with Crippen molar-refractivity contribution in [1.82, 2.24) is 15.0 Å². The van der Waals surface area contributed by atoms with Gasteiger partial charge in [0.2, 0.25) is 5.95 Å². The van der Waals surface area contributed by atoms with Crippen LogP contribution >= 0.6 is 11.6 Å². The predicted molar refractivity (Wildman–Crippen MR) is 136 cm³/mol. The molecule has 4 heterocycles. The first-order chi connectivity index (χ1) is 16.5. The lowest BCUT2D eigenvalue weighted by Crippen LogP contribution is -2.52. The van der Waals surface area contributed by atoms with Gasteiger partial charge < -0.3 is 14.7 Å². The van der Waals surface area contributed by atoms with Crippen molar-refractivity contribution < 1.29 is 0 Å². The maximum Gasteiger partial charge on any atom is 0.228 e. The number of piperazine rings is 1. The first-order valence-corrected chi connectivity index (χ1v) is 12.2. The maximum absolute atomic E-state index is 9.17. The molecule has 2 fully saturated rings. The lowest BCUT2D eigenvalue weighted by atomic mass is 10.1. The molecule has 5 rings (SSSR count). The zero-order valence-electron chi connectivity index (χ0n) is 19.5. The van der Waals surface area contributed by atoms with Crippen LogP contribution in [0.1, 0.15) is 32.3 Å². The number of hydrogen-bond acceptors (Lipinski definition) is 7. The van der Waals surface area contributed by atoms with Gasteiger partial charge in [0.25, 0.3) is 0 Å². The van der Waals surface area contributed by atoms with Crippen LogP contribution in [0.25, 0.3) is 11.3 Å². The summed E-state index contributed by atoms with van der Waals surface area (Å²) in [6, 6.07) is 16.3. The van der Waals surface area contributed by atoms with Gasteiger partial charge in [-0.1, -0.05) is 23.7 Å². The summed E-state index contributed by atoms with van der Waals surface area (Å²) >= 11 is 6.41. The molecule has 7 nitrogen and oxygen atoms in total. The van der Waals surface area contributed by atoms with Crippen molar-refractivity contribution in [2.24, 2.45) is 0 Å². The summed E-state index contributed by atoms with van der Waals surface area (Å²) in [5.74, 6) is 2.55. The van der Waals surface area contributed by atoms with Crippen LogP contribution in [0.15, 0.2) is 48.7 Å². The van der Waals surface area contributed by atoms with Crippen molar-refractivity contribution in [2.45, 2.75) is 38.8 Å². The molecule has 1 aromatic carbocycles. The molecule has 0 amide bonds. The zero-order valence-corrected chi connectivity index (χ0v) is 20.3. The molecule has 8 heteroatoms. The Morgan fingerprint density at radius 3 is 2.50 bits per heavy atom. The third kappa shape index (κ3) is 4.38. The molecular weight excluding hydrogens is 446 g/mol. The topological polar surface area (TPSA) is 72.2 Å². The van der Waals surface area contributed by atoms with Crippen LogP contribution in [-0.2, 0) is 0 Å². The smallest absolute Gasteiger partial charge is 0.228 e. The number of nitrogens with zero attached hydrogens (tertiary/aromatic N) is 7. The molecule has 174 valence electrons. The van der Waals surface area contributed by atoms with Gasteiger partial charge in [0.05, 0.1) is 22.3 Å². The molecule has 0 saturated carbocycles. The largest absolute Gasteiger partial charge is 0.352 e. The van der Waals surface area contributed by atoms with E-state index in [9.17, 15) is 5.26 Å². The highest BCUT2D eigenvalue weighted by atomic mass is 35.5. The summed E-state index contributed by atoms with van der Waals surface area (Å²) < 4.78 is 0. The van der Waals surface area contributed by atoms with Crippen LogP contribution < -0.4 is 14.7 Å². The molecular formula is C26H28ClN7. The Labute approximate surface area is 205 Å². The van der Waals surface area contributed by atoms with E-state index in [1.807, 2.05) is 36.4 Å². The van der Waals surface area contributed by atoms with Crippen LogP contribution in [0.4, 0.5) is 17.6 Å². The van der Waals surface area contributed by atoms with Crippen molar-refractivity contribution in [1.29, 1.82) is 5.26 Å². The SMILES string of the molecule is CC1CN(c2ncccc2Cl)CCN1c1cc(-c2ccc(C#N)cc2)nc(N2CCCC2C)n1. The van der Waals surface area contributed by atoms with Crippen LogP contribution in [0.2, 0.25) is 5.02 Å². The van der Waals surface area contributed by atoms with Gasteiger partial charge in [-0.2, -0.15) is 10.2 Å². The van der Waals surface area contributed by atoms with Gasteiger partial charge in [-0.25, -0.2) is 9.97 Å². The van der Waals surface area contributed by atoms with E-state index in [0.29, 0.717) is 16.6 Å². The normalized spacial score (nSPS) is 20.5. The number of hydrogen-bond donors (Lipinski definition) is 0. The monoisotopic (exact) mass is 473 g/mol. The van der Waals surface area contributed by atoms with Crippen molar-refractivity contribution in [3.63, 3.8) is 0 Å². The molecule has 0 aliphatic carbocycles. The van der Waals surface area contributed by atoms with E-state index in [2.05, 4.69) is 45.7 Å². The second-order valence-corrected chi connectivity index (χ2v) is 9.49. The second kappa shape index (κ2) is 9.47. The summed E-state index contributed by atoms with van der Waals surface area (Å²) in [6.07, 6.45) is 4.09. The van der Waals surface area contributed by atoms with Crippen molar-refractivity contribution >= 4 is 29.2 Å². The van der Waals surface area contributed by atoms with Gasteiger partial charge in [0, 0.05) is 56.1 Å². The Bertz CT molecular complexity index is 1210. The first kappa shape index (κ1) is 22.4. The fourth-order valence-electron chi connectivity index (χ4n) is 4.89. The number of halogens is 1. The van der Waals surface area contributed by atoms with Gasteiger partial charge in [-0.05, 0) is 51.0 Å². The average molecular weight is 474 g/mol. The van der Waals surface area contributed by atoms with E-state index in [1.165, 1.54) is 0 Å². The fourth-order valence-corrected chi connectivity index (χ4v) is 5.13. The summed E-state index contributed by atoms with van der Waals surface area (Å²) in [5.41, 5.74) is 2.51. The Morgan fingerprint density at radius 1 is 1.00 bits per heavy atom. The van der Waals surface area contributed by atoms with E-state index >= 15 is 0 Å². The minimum absolute atomic E-state index is 0.222. The predicted octanol–water partition coefficient (Wildman–Crippen LogP) is 4.77. The second-order valence-electron chi connectivity index (χ2n) is 9.08. The number of pyridine rings is 1. The maximum atomic E-state index is 9.17. The highest BCUT2D eigenvalue weighted by molar-refractivity contribution is 6.32. The number of benzene rings is 1. The lowest BCUT2D eigenvalue weighted by molar-refractivity contribution is 0.542. The van der Waals surface area contributed by atoms with Gasteiger partial charge in [-0.3, -0.25) is 0 Å². The highest BCUT2D eigenvalue weighted by Gasteiger charge is 2.29. The Hall–Kier alpha value is -3.37. The van der Waals surface area contributed by atoms with Crippen molar-refractivity contribution in [3.8, 4) is 17.3 Å². The van der Waals surface area contributed by atoms with Crippen LogP contribution in [0, 0.1) is 11.3 Å². The molecule has 0 spiro atoms. The van der Waals surface area contributed by atoms with Gasteiger partial charge in [0.15, 0.2) is 0 Å². The fraction of sp³-hybridized carbons (Fsp3) is 0.385. The molecule has 0 bridgehead atoms. The number of anilines is 3. The molecule has 0 radical (unpaired) electrons. The average Bonchev–Trinajstić information content (AvgIpc) is 3.30. The van der Waals surface area contributed by atoms with E-state index in [0.717, 1.165) is 67.9 Å². The molecule has 2 aliphatic heterocycles. The number of aromatic nitrogens is 3. The molecule has 34 heavy (non-hydrogen) atoms. The Kier molecular flexibility index (Phi) is 6.25. The van der Waals surface area contributed by atoms with Gasteiger partial charge in [0.1, 0.15) is 11.6 Å². The van der Waals surface area contributed by atoms with E-state index < -0.39 is 0 Å². The molecule has 2 saturated heterocycles. The first-order valence-electron chi connectivity index (χ1n) is 11.8. The Morgan fingerprint density at radius 2 is 1.82 bits per heavy atom. The summed E-state index contributed by atoms with van der Waals surface area (Å²) in [4.78, 5) is 21.4. The summed E-state index contributed by atoms with van der Waals surface area (Å²) in [6.45, 7) is 7.86. The number of rotatable bonds is 4. The summed E-state index contributed by atoms with van der Waals surface area (Å²) in [5, 5.41) is 9.85. The van der Waals surface area contributed by atoms with Gasteiger partial charge in [-0.15, -0.1) is 0 Å². The highest BCUT2D eigenvalue weighted by Crippen LogP contribution is 2.31. The van der Waals surface area contributed by atoms with E-state index in [4.69, 9.17) is 21.6 Å². The Balaban J connectivity index is 1.47. The lowest BCUT2D eigenvalue weighted by Gasteiger charge is -2.41. The van der Waals surface area contributed by atoms with Crippen molar-refractivity contribution in [2.75, 3.05) is 40.9 Å². The quantitative estimate of drug-likeness (QED) is 0.540. The van der Waals surface area contributed by atoms with E-state index in [1.54, 1.807) is 6.20 Å². The standard InChI is InChI=1S/C26H28ClN7/c1-18-5-4-12-34(18)26-30-23(21-9-7-20(16-28)8-10-21)15-24(31-26)33-14-13-32(17-19(33)2)25-22(27)6-3-11-29-25/h3,6-11,15,18-19H,4-5,12-14,17H2,1-2H3. The number of nitriles is 1. The molecule has 2 unspecified atom stereocenters. The van der Waals surface area contributed by atoms with E-state index in [-0.39, 0.29) is 6.04 Å². The minimum atomic E-state index is 0.222. The van der Waals surface area contributed by atoms with Crippen molar-refractivity contribution in [3.05, 3.63) is 59.2 Å². The van der Waals surface area contributed by atoms with Crippen LogP contribution in [0.3, 0.4) is 0 Å². The zero-order chi connectivity index (χ0) is 23.7. The third-order valence-electron chi connectivity index (χ3n) is 6.78. The molecule has 2 aliphatic rings. The molecule has 2 aromatic heterocycles. The molecule has 3 aromatic rings. The molecule has 2 atom stereocenters. The van der Waals surface area contributed by atoms with Crippen LogP contribution in [-0.4, -0.2) is 53.2 Å². The minimum Gasteiger partial charge on any atom is -0.352 e. The molecule has 0 N–H and O–H groups in total. The van der Waals surface area contributed by atoms with Gasteiger partial charge >= 0.3 is 0 Å². The summed E-state index contributed by atoms with van der Waals surface area (Å²) in [7, 11) is 0. The van der Waals surface area contributed by atoms with Crippen LogP contribution in [0.5, 0.6) is 0 Å².